The molecule has 0 spiro atoms. The predicted molar refractivity (Wildman–Crippen MR) is 105 cm³/mol. The van der Waals surface area contributed by atoms with Gasteiger partial charge in [0.05, 0.1) is 10.5 Å². The zero-order valence-electron chi connectivity index (χ0n) is 11.2. The summed E-state index contributed by atoms with van der Waals surface area (Å²) in [6.45, 7) is 5.14. The van der Waals surface area contributed by atoms with Gasteiger partial charge in [0.25, 0.3) is 0 Å². The molecule has 20 heavy (non-hydrogen) atoms. The molecule has 110 valence electrons. The predicted octanol–water partition coefficient (Wildman–Crippen LogP) is 1.89. The zero-order chi connectivity index (χ0) is 14.7. The molecule has 0 saturated heterocycles. The first-order chi connectivity index (χ1) is 9.63. The van der Waals surface area contributed by atoms with Gasteiger partial charge in [-0.05, 0) is 25.5 Å². The Morgan fingerprint density at radius 2 is 2.00 bits per heavy atom. The van der Waals surface area contributed by atoms with Crippen LogP contribution in [0.3, 0.4) is 0 Å². The molecule has 0 N–H and O–H groups in total. The van der Waals surface area contributed by atoms with Gasteiger partial charge in [-0.2, -0.15) is 4.57 Å². The van der Waals surface area contributed by atoms with Crippen molar-refractivity contribution in [3.8, 4) is 5.88 Å². The maximum atomic E-state index is 5.80. The van der Waals surface area contributed by atoms with Crippen LogP contribution < -0.4 is 22.6 Å². The number of hydrogen-bond donors (Lipinski definition) is 0. The van der Waals surface area contributed by atoms with Gasteiger partial charge in [0.15, 0.2) is 6.61 Å². The van der Waals surface area contributed by atoms with Crippen molar-refractivity contribution in [3.63, 3.8) is 0 Å². The van der Waals surface area contributed by atoms with E-state index in [2.05, 4.69) is 103 Å². The Balaban J connectivity index is 0.000000452. The van der Waals surface area contributed by atoms with Crippen molar-refractivity contribution in [2.24, 2.45) is 0 Å². The SMILES string of the molecule is Cc1cc2[n+](c3c(C)cccc13)C(CI)CO2.I[I-]I. The van der Waals surface area contributed by atoms with Crippen LogP contribution in [-0.2, 0) is 0 Å². The summed E-state index contributed by atoms with van der Waals surface area (Å²) in [5, 5.41) is 1.34. The summed E-state index contributed by atoms with van der Waals surface area (Å²) in [5.74, 6) is 1.02. The zero-order valence-corrected chi connectivity index (χ0v) is 19.8. The minimum atomic E-state index is 0.467. The van der Waals surface area contributed by atoms with Crippen LogP contribution in [0.2, 0.25) is 0 Å². The van der Waals surface area contributed by atoms with Crippen LogP contribution in [0.1, 0.15) is 17.2 Å². The molecule has 0 saturated carbocycles. The number of halogens is 4. The molecule has 1 aliphatic heterocycles. The second kappa shape index (κ2) is 8.27. The van der Waals surface area contributed by atoms with Gasteiger partial charge in [0, 0.05) is 10.9 Å². The Morgan fingerprint density at radius 1 is 1.30 bits per heavy atom. The number of para-hydroxylation sites is 1. The van der Waals surface area contributed by atoms with E-state index in [0.29, 0.717) is 19.3 Å². The molecule has 1 unspecified atom stereocenters. The molecule has 2 nitrogen and oxygen atoms in total. The second-order valence-corrected chi connectivity index (χ2v) is 21.8. The van der Waals surface area contributed by atoms with Crippen LogP contribution in [-0.4, -0.2) is 11.0 Å². The van der Waals surface area contributed by atoms with Gasteiger partial charge in [-0.15, -0.1) is 0 Å². The van der Waals surface area contributed by atoms with E-state index in [9.17, 15) is 0 Å². The van der Waals surface area contributed by atoms with Crippen molar-refractivity contribution in [3.05, 3.63) is 35.4 Å². The average molecular weight is 721 g/mol. The normalized spacial score (nSPS) is 16.6. The molecule has 1 atom stereocenters. The van der Waals surface area contributed by atoms with Gasteiger partial charge in [-0.3, -0.25) is 0 Å². The van der Waals surface area contributed by atoms with Crippen molar-refractivity contribution in [1.82, 2.24) is 0 Å². The molecule has 0 bridgehead atoms. The molecule has 2 heterocycles. The third-order valence-corrected chi connectivity index (χ3v) is 4.46. The maximum absolute atomic E-state index is 5.80. The number of hydrogen-bond acceptors (Lipinski definition) is 1. The molecule has 6 heteroatoms. The third-order valence-electron chi connectivity index (χ3n) is 3.45. The Kier molecular flexibility index (Phi) is 7.32. The molecule has 0 radical (unpaired) electrons. The molecular weight excluding hydrogens is 706 g/mol. The van der Waals surface area contributed by atoms with Gasteiger partial charge in [0.2, 0.25) is 11.6 Å². The number of ether oxygens (including phenoxy) is 1. The van der Waals surface area contributed by atoms with E-state index in [-0.39, 0.29) is 0 Å². The quantitative estimate of drug-likeness (QED) is 0.250. The minimum absolute atomic E-state index is 0.467. The van der Waals surface area contributed by atoms with Gasteiger partial charge < -0.3 is 4.74 Å². The Hall–Kier alpha value is 1.35. The van der Waals surface area contributed by atoms with Gasteiger partial charge >= 0.3 is 56.4 Å². The van der Waals surface area contributed by atoms with Crippen LogP contribution in [0.5, 0.6) is 5.88 Å². The van der Waals surface area contributed by atoms with Crippen molar-refractivity contribution >= 4 is 70.7 Å². The summed E-state index contributed by atoms with van der Waals surface area (Å²) >= 11 is 7.74. The number of alkyl halides is 1. The van der Waals surface area contributed by atoms with Crippen LogP contribution in [0.4, 0.5) is 0 Å². The van der Waals surface area contributed by atoms with Gasteiger partial charge in [-0.25, -0.2) is 0 Å². The van der Waals surface area contributed by atoms with E-state index < -0.39 is 0 Å². The van der Waals surface area contributed by atoms with Crippen LogP contribution >= 0.6 is 59.8 Å². The first kappa shape index (κ1) is 17.7. The summed E-state index contributed by atoms with van der Waals surface area (Å²) < 4.78 is 9.25. The molecule has 1 aromatic carbocycles. The molecular formula is C14H15I4NO. The van der Waals surface area contributed by atoms with Crippen molar-refractivity contribution < 1.29 is 22.6 Å². The Bertz CT molecular complexity index is 618. The molecule has 2 aromatic rings. The standard InChI is InChI=1S/C14H15INO.I3/c1-9-4-3-5-12-10(2)6-13-16(14(9)12)11(7-15)8-17-13;1-3-2/h3-6,11H,7-8H2,1-2H3;/q+1;-1. The van der Waals surface area contributed by atoms with Crippen molar-refractivity contribution in [1.29, 1.82) is 0 Å². The number of aromatic nitrogens is 1. The molecule has 0 amide bonds. The first-order valence-electron chi connectivity index (χ1n) is 6.14. The molecule has 3 rings (SSSR count). The fraction of sp³-hybridized carbons (Fsp3) is 0.357. The van der Waals surface area contributed by atoms with Crippen molar-refractivity contribution in [2.45, 2.75) is 19.9 Å². The number of rotatable bonds is 1. The number of benzene rings is 1. The third kappa shape index (κ3) is 3.63. The van der Waals surface area contributed by atoms with Crippen LogP contribution in [0.25, 0.3) is 10.9 Å². The summed E-state index contributed by atoms with van der Waals surface area (Å²) in [6.07, 6.45) is 0. The summed E-state index contributed by atoms with van der Waals surface area (Å²) in [4.78, 5) is 0. The first-order valence-corrected chi connectivity index (χ1v) is 20.2. The fourth-order valence-electron chi connectivity index (χ4n) is 2.58. The van der Waals surface area contributed by atoms with Crippen LogP contribution in [0.15, 0.2) is 24.3 Å². The Labute approximate surface area is 163 Å². The average Bonchev–Trinajstić information content (AvgIpc) is 2.83. The van der Waals surface area contributed by atoms with E-state index in [1.54, 1.807) is 0 Å². The topological polar surface area (TPSA) is 13.1 Å². The molecule has 1 aromatic heterocycles. The number of aryl methyl sites for hydroxylation is 2. The van der Waals surface area contributed by atoms with Crippen LogP contribution in [0, 0.1) is 13.8 Å². The molecule has 0 aliphatic carbocycles. The van der Waals surface area contributed by atoms with E-state index in [0.717, 1.165) is 16.9 Å². The molecule has 1 aliphatic rings. The Morgan fingerprint density at radius 3 is 2.65 bits per heavy atom. The summed E-state index contributed by atoms with van der Waals surface area (Å²) in [7, 11) is 0. The molecule has 0 fully saturated rings. The number of nitrogens with zero attached hydrogens (tertiary/aromatic N) is 1. The van der Waals surface area contributed by atoms with E-state index in [1.165, 1.54) is 22.0 Å². The number of pyridine rings is 1. The number of fused-ring (bicyclic) bond motifs is 3. The van der Waals surface area contributed by atoms with E-state index >= 15 is 0 Å². The van der Waals surface area contributed by atoms with E-state index in [4.69, 9.17) is 4.74 Å². The summed E-state index contributed by atoms with van der Waals surface area (Å²) in [5.41, 5.74) is 3.96. The summed E-state index contributed by atoms with van der Waals surface area (Å²) in [6, 6.07) is 9.14. The monoisotopic (exact) mass is 721 g/mol. The van der Waals surface area contributed by atoms with E-state index in [1.807, 2.05) is 0 Å². The van der Waals surface area contributed by atoms with Gasteiger partial charge in [-0.1, -0.05) is 34.7 Å². The van der Waals surface area contributed by atoms with Crippen molar-refractivity contribution in [2.75, 3.05) is 11.0 Å². The van der Waals surface area contributed by atoms with Gasteiger partial charge in [0.1, 0.15) is 0 Å². The second-order valence-electron chi connectivity index (χ2n) is 4.68. The fourth-order valence-corrected chi connectivity index (χ4v) is 3.23.